The summed E-state index contributed by atoms with van der Waals surface area (Å²) in [4.78, 5) is 11.4. The van der Waals surface area contributed by atoms with E-state index in [4.69, 9.17) is 4.52 Å². The molecule has 0 spiro atoms. The number of nitrogens with one attached hydrogen (secondary N) is 2. The Bertz CT molecular complexity index is 344. The van der Waals surface area contributed by atoms with Crippen LogP contribution in [0.3, 0.4) is 0 Å². The zero-order chi connectivity index (χ0) is 10.7. The average molecular weight is 209 g/mol. The number of hydrogen-bond donors (Lipinski definition) is 2. The largest absolute Gasteiger partial charge is 0.351 e. The molecule has 82 valence electrons. The van der Waals surface area contributed by atoms with Crippen LogP contribution < -0.4 is 10.6 Å². The van der Waals surface area contributed by atoms with E-state index in [0.717, 1.165) is 12.2 Å². The summed E-state index contributed by atoms with van der Waals surface area (Å²) >= 11 is 0. The van der Waals surface area contributed by atoms with Gasteiger partial charge in [0, 0.05) is 25.2 Å². The molecule has 1 fully saturated rings. The van der Waals surface area contributed by atoms with Crippen LogP contribution in [0.5, 0.6) is 0 Å². The maximum atomic E-state index is 11.4. The molecule has 1 aromatic rings. The number of carbonyl (C=O) groups is 1. The minimum atomic E-state index is -0.201. The van der Waals surface area contributed by atoms with Crippen LogP contribution in [-0.2, 0) is 0 Å². The molecule has 1 aromatic heterocycles. The minimum Gasteiger partial charge on any atom is -0.351 e. The molecular weight excluding hydrogens is 194 g/mol. The van der Waals surface area contributed by atoms with Gasteiger partial charge in [0.15, 0.2) is 0 Å². The summed E-state index contributed by atoms with van der Waals surface area (Å²) in [5.41, 5.74) is 0.719. The van der Waals surface area contributed by atoms with E-state index >= 15 is 0 Å². The van der Waals surface area contributed by atoms with Gasteiger partial charge in [-0.15, -0.1) is 0 Å². The van der Waals surface area contributed by atoms with E-state index in [2.05, 4.69) is 15.8 Å². The van der Waals surface area contributed by atoms with Gasteiger partial charge in [0.2, 0.25) is 5.76 Å². The fourth-order valence-electron chi connectivity index (χ4n) is 1.30. The number of aromatic nitrogens is 1. The molecule has 5 nitrogen and oxygen atoms in total. The maximum Gasteiger partial charge on any atom is 0.289 e. The van der Waals surface area contributed by atoms with Crippen molar-refractivity contribution in [3.8, 4) is 0 Å². The highest BCUT2D eigenvalue weighted by atomic mass is 16.5. The summed E-state index contributed by atoms with van der Waals surface area (Å²) in [5, 5.41) is 9.72. The van der Waals surface area contributed by atoms with Gasteiger partial charge in [0.05, 0.1) is 5.69 Å². The lowest BCUT2D eigenvalue weighted by atomic mass is 10.3. The van der Waals surface area contributed by atoms with Crippen molar-refractivity contribution < 1.29 is 9.32 Å². The lowest BCUT2D eigenvalue weighted by Crippen LogP contribution is -2.32. The number of hydrogen-bond acceptors (Lipinski definition) is 4. The summed E-state index contributed by atoms with van der Waals surface area (Å²) in [6.07, 6.45) is 2.52. The third-order valence-corrected chi connectivity index (χ3v) is 2.27. The van der Waals surface area contributed by atoms with Crippen LogP contribution in [0.25, 0.3) is 0 Å². The molecule has 0 atom stereocenters. The topological polar surface area (TPSA) is 67.2 Å². The fraction of sp³-hybridized carbons (Fsp3) is 0.600. The third kappa shape index (κ3) is 3.06. The normalized spacial score (nSPS) is 15.3. The van der Waals surface area contributed by atoms with E-state index in [1.807, 2.05) is 0 Å². The highest BCUT2D eigenvalue weighted by Crippen LogP contribution is 2.17. The molecule has 0 unspecified atom stereocenters. The lowest BCUT2D eigenvalue weighted by Gasteiger charge is -2.03. The van der Waals surface area contributed by atoms with Gasteiger partial charge < -0.3 is 15.2 Å². The summed E-state index contributed by atoms with van der Waals surface area (Å²) in [5.74, 6) is 0.0760. The molecule has 0 radical (unpaired) electrons. The van der Waals surface area contributed by atoms with Gasteiger partial charge in [-0.1, -0.05) is 5.16 Å². The zero-order valence-electron chi connectivity index (χ0n) is 8.75. The molecule has 0 aromatic carbocycles. The van der Waals surface area contributed by atoms with Gasteiger partial charge >= 0.3 is 0 Å². The van der Waals surface area contributed by atoms with Crippen LogP contribution in [0, 0.1) is 6.92 Å². The first-order chi connectivity index (χ1) is 7.25. The van der Waals surface area contributed by atoms with Gasteiger partial charge in [-0.25, -0.2) is 0 Å². The summed E-state index contributed by atoms with van der Waals surface area (Å²) in [6, 6.07) is 2.30. The van der Waals surface area contributed by atoms with Crippen LogP contribution in [0.2, 0.25) is 0 Å². The summed E-state index contributed by atoms with van der Waals surface area (Å²) in [6.45, 7) is 3.22. The lowest BCUT2D eigenvalue weighted by molar-refractivity contribution is 0.0917. The first-order valence-corrected chi connectivity index (χ1v) is 5.20. The summed E-state index contributed by atoms with van der Waals surface area (Å²) < 4.78 is 4.83. The van der Waals surface area contributed by atoms with Crippen molar-refractivity contribution in [2.24, 2.45) is 0 Å². The predicted molar refractivity (Wildman–Crippen MR) is 54.6 cm³/mol. The Morgan fingerprint density at radius 2 is 2.40 bits per heavy atom. The second-order valence-corrected chi connectivity index (χ2v) is 3.82. The number of aryl methyl sites for hydroxylation is 1. The molecule has 1 heterocycles. The number of rotatable bonds is 5. The number of nitrogens with zero attached hydrogens (tertiary/aromatic N) is 1. The Morgan fingerprint density at radius 3 is 3.00 bits per heavy atom. The molecule has 2 rings (SSSR count). The molecule has 1 saturated carbocycles. The van der Waals surface area contributed by atoms with Crippen LogP contribution in [0.4, 0.5) is 0 Å². The van der Waals surface area contributed by atoms with Crippen LogP contribution in [0.15, 0.2) is 10.6 Å². The molecule has 1 aliphatic carbocycles. The van der Waals surface area contributed by atoms with Crippen molar-refractivity contribution in [3.63, 3.8) is 0 Å². The van der Waals surface area contributed by atoms with Crippen molar-refractivity contribution in [2.75, 3.05) is 13.1 Å². The van der Waals surface area contributed by atoms with Crippen molar-refractivity contribution >= 4 is 5.91 Å². The third-order valence-electron chi connectivity index (χ3n) is 2.27. The second-order valence-electron chi connectivity index (χ2n) is 3.82. The number of carbonyl (C=O) groups excluding carboxylic acids is 1. The molecular formula is C10H15N3O2. The van der Waals surface area contributed by atoms with E-state index in [0.29, 0.717) is 12.6 Å². The Morgan fingerprint density at radius 1 is 1.60 bits per heavy atom. The van der Waals surface area contributed by atoms with E-state index < -0.39 is 0 Å². The molecule has 0 saturated heterocycles. The van der Waals surface area contributed by atoms with Crippen molar-refractivity contribution in [2.45, 2.75) is 25.8 Å². The second kappa shape index (κ2) is 4.44. The number of amides is 1. The van der Waals surface area contributed by atoms with Gasteiger partial charge in [-0.3, -0.25) is 4.79 Å². The van der Waals surface area contributed by atoms with Gasteiger partial charge in [0.25, 0.3) is 5.91 Å². The molecule has 5 heteroatoms. The zero-order valence-corrected chi connectivity index (χ0v) is 8.75. The van der Waals surface area contributed by atoms with E-state index in [-0.39, 0.29) is 11.7 Å². The molecule has 1 aliphatic rings. The molecule has 0 bridgehead atoms. The van der Waals surface area contributed by atoms with Crippen LogP contribution in [0.1, 0.15) is 29.1 Å². The van der Waals surface area contributed by atoms with E-state index in [1.54, 1.807) is 13.0 Å². The van der Waals surface area contributed by atoms with Crippen LogP contribution in [-0.4, -0.2) is 30.2 Å². The van der Waals surface area contributed by atoms with Crippen molar-refractivity contribution in [3.05, 3.63) is 17.5 Å². The minimum absolute atomic E-state index is 0.201. The molecule has 0 aliphatic heterocycles. The van der Waals surface area contributed by atoms with Crippen molar-refractivity contribution in [1.29, 1.82) is 0 Å². The average Bonchev–Trinajstić information content (AvgIpc) is 2.94. The van der Waals surface area contributed by atoms with E-state index in [9.17, 15) is 4.79 Å². The summed E-state index contributed by atoms with van der Waals surface area (Å²) in [7, 11) is 0. The SMILES string of the molecule is Cc1cc(C(=O)NCCNC2CC2)on1. The fourth-order valence-corrected chi connectivity index (χ4v) is 1.30. The molecule has 2 N–H and O–H groups in total. The standard InChI is InChI=1S/C10H15N3O2/c1-7-6-9(15-13-7)10(14)12-5-4-11-8-2-3-8/h6,8,11H,2-5H2,1H3,(H,12,14). The smallest absolute Gasteiger partial charge is 0.289 e. The quantitative estimate of drug-likeness (QED) is 0.691. The first kappa shape index (κ1) is 10.2. The highest BCUT2D eigenvalue weighted by molar-refractivity contribution is 5.91. The van der Waals surface area contributed by atoms with Gasteiger partial charge in [-0.05, 0) is 19.8 Å². The Labute approximate surface area is 88.2 Å². The maximum absolute atomic E-state index is 11.4. The Hall–Kier alpha value is -1.36. The first-order valence-electron chi connectivity index (χ1n) is 5.20. The molecule has 1 amide bonds. The van der Waals surface area contributed by atoms with Crippen molar-refractivity contribution in [1.82, 2.24) is 15.8 Å². The van der Waals surface area contributed by atoms with Gasteiger partial charge in [-0.2, -0.15) is 0 Å². The molecule has 15 heavy (non-hydrogen) atoms. The van der Waals surface area contributed by atoms with Gasteiger partial charge in [0.1, 0.15) is 0 Å². The van der Waals surface area contributed by atoms with E-state index in [1.165, 1.54) is 12.8 Å². The Kier molecular flexibility index (Phi) is 3.01. The monoisotopic (exact) mass is 209 g/mol. The highest BCUT2D eigenvalue weighted by Gasteiger charge is 2.19. The predicted octanol–water partition coefficient (Wildman–Crippen LogP) is 0.465. The Balaban J connectivity index is 1.67. The van der Waals surface area contributed by atoms with Crippen LogP contribution >= 0.6 is 0 Å².